The molecule has 0 N–H and O–H groups in total. The Hall–Kier alpha value is -2.33. The summed E-state index contributed by atoms with van der Waals surface area (Å²) in [5.41, 5.74) is 1.51. The topological polar surface area (TPSA) is 35.5 Å². The number of carbonyl (C=O) groups excluding carboxylic acids is 1. The number of ether oxygens (including phenoxy) is 2. The highest BCUT2D eigenvalue weighted by molar-refractivity contribution is 5.85. The molecule has 4 heteroatoms. The average Bonchev–Trinajstić information content (AvgIpc) is 2.67. The number of fused-ring (bicyclic) bond motifs is 2. The first kappa shape index (κ1) is 15.7. The van der Waals surface area contributed by atoms with Gasteiger partial charge in [-0.2, -0.15) is 0 Å². The molecule has 0 aromatic heterocycles. The minimum atomic E-state index is -2.20. The van der Waals surface area contributed by atoms with E-state index in [4.69, 9.17) is 13.6 Å². The zero-order chi connectivity index (χ0) is 22.1. The maximum Gasteiger partial charge on any atom is 0.318 e. The van der Waals surface area contributed by atoms with Crippen LogP contribution in [0.3, 0.4) is 0 Å². The average molecular weight is 372 g/mol. The van der Waals surface area contributed by atoms with Gasteiger partial charge in [-0.15, -0.1) is 0 Å². The van der Waals surface area contributed by atoms with Crippen molar-refractivity contribution in [2.75, 3.05) is 20.1 Å². The molecule has 0 unspecified atom stereocenters. The molecule has 0 bridgehead atoms. The van der Waals surface area contributed by atoms with Gasteiger partial charge in [0.15, 0.2) is 0 Å². The number of hydrogen-bond acceptors (Lipinski definition) is 3. The molecule has 4 nitrogen and oxygen atoms in total. The minimum Gasteiger partial charge on any atom is -0.459 e. The third kappa shape index (κ3) is 3.72. The predicted octanol–water partition coefficient (Wildman–Crippen LogP) is 4.73. The molecule has 27 heavy (non-hydrogen) atoms. The maximum absolute atomic E-state index is 13.2. The van der Waals surface area contributed by atoms with Gasteiger partial charge in [0.2, 0.25) is 0 Å². The van der Waals surface area contributed by atoms with Crippen LogP contribution in [0.4, 0.5) is 0 Å². The summed E-state index contributed by atoms with van der Waals surface area (Å²) in [6, 6.07) is 14.6. The SMILES string of the molecule is [2H]C([2H])([2H])[N+](CCOC(=O)C1c2ccccc2Oc2ccccc21)(C(C)C)C(C)C. The molecule has 0 amide bonds. The minimum absolute atomic E-state index is 0.0370. The molecule has 0 fully saturated rings. The molecule has 0 saturated heterocycles. The molecule has 0 aliphatic carbocycles. The molecule has 0 saturated carbocycles. The van der Waals surface area contributed by atoms with Crippen molar-refractivity contribution in [3.63, 3.8) is 0 Å². The smallest absolute Gasteiger partial charge is 0.318 e. The Labute approximate surface area is 166 Å². The molecule has 2 aromatic rings. The summed E-state index contributed by atoms with van der Waals surface area (Å²) in [7, 11) is 0. The second kappa shape index (κ2) is 7.73. The second-order valence-electron chi connectivity index (χ2n) is 7.62. The van der Waals surface area contributed by atoms with Crippen LogP contribution in [-0.4, -0.2) is 42.7 Å². The van der Waals surface area contributed by atoms with Crippen LogP contribution < -0.4 is 4.74 Å². The molecule has 144 valence electrons. The number of esters is 1. The van der Waals surface area contributed by atoms with Gasteiger partial charge in [0, 0.05) is 11.1 Å². The normalized spacial score (nSPS) is 16.0. The van der Waals surface area contributed by atoms with Crippen LogP contribution in [0.5, 0.6) is 11.5 Å². The van der Waals surface area contributed by atoms with Gasteiger partial charge in [-0.1, -0.05) is 36.4 Å². The lowest BCUT2D eigenvalue weighted by Crippen LogP contribution is -2.56. The molecule has 0 spiro atoms. The van der Waals surface area contributed by atoms with Crippen molar-refractivity contribution >= 4 is 5.97 Å². The van der Waals surface area contributed by atoms with Crippen LogP contribution in [0.15, 0.2) is 48.5 Å². The Kier molecular flexibility index (Phi) is 4.50. The summed E-state index contributed by atoms with van der Waals surface area (Å²) in [6.07, 6.45) is 0. The highest BCUT2D eigenvalue weighted by Crippen LogP contribution is 2.44. The highest BCUT2D eigenvalue weighted by Gasteiger charge is 2.35. The summed E-state index contributed by atoms with van der Waals surface area (Å²) in [5.74, 6) is 0.276. The summed E-state index contributed by atoms with van der Waals surface area (Å²) < 4.78 is 35.9. The van der Waals surface area contributed by atoms with E-state index >= 15 is 0 Å². The lowest BCUT2D eigenvalue weighted by molar-refractivity contribution is -0.949. The number of likely N-dealkylation sites (N-methyl/N-ethyl adjacent to an activating group) is 1. The van der Waals surface area contributed by atoms with Crippen molar-refractivity contribution in [2.45, 2.75) is 45.7 Å². The maximum atomic E-state index is 13.2. The molecule has 1 aliphatic heterocycles. The monoisotopic (exact) mass is 371 g/mol. The van der Waals surface area contributed by atoms with Gasteiger partial charge in [-0.25, -0.2) is 0 Å². The first-order chi connectivity index (χ1) is 14.1. The van der Waals surface area contributed by atoms with Gasteiger partial charge in [-0.3, -0.25) is 4.79 Å². The molecular weight excluding hydrogens is 338 g/mol. The Bertz CT molecular complexity index is 855. The van der Waals surface area contributed by atoms with E-state index in [1.807, 2.05) is 76.2 Å². The number of benzene rings is 2. The second-order valence-corrected chi connectivity index (χ2v) is 7.62. The molecule has 1 heterocycles. The van der Waals surface area contributed by atoms with Crippen LogP contribution in [0.1, 0.15) is 48.9 Å². The van der Waals surface area contributed by atoms with Gasteiger partial charge in [0.05, 0.1) is 23.2 Å². The predicted molar refractivity (Wildman–Crippen MR) is 107 cm³/mol. The Balaban J connectivity index is 1.83. The summed E-state index contributed by atoms with van der Waals surface area (Å²) in [6.45, 7) is 5.67. The van der Waals surface area contributed by atoms with Crippen molar-refractivity contribution in [3.8, 4) is 11.5 Å². The summed E-state index contributed by atoms with van der Waals surface area (Å²) in [4.78, 5) is 13.2. The molecule has 1 aliphatic rings. The Morgan fingerprint density at radius 2 is 1.56 bits per heavy atom. The number of rotatable bonds is 6. The van der Waals surface area contributed by atoms with Crippen molar-refractivity contribution in [2.24, 2.45) is 0 Å². The molecule has 3 rings (SSSR count). The van der Waals surface area contributed by atoms with Gasteiger partial charge in [0.25, 0.3) is 0 Å². The van der Waals surface area contributed by atoms with E-state index in [0.717, 1.165) is 11.1 Å². The lowest BCUT2D eigenvalue weighted by Gasteiger charge is -2.42. The van der Waals surface area contributed by atoms with Crippen molar-refractivity contribution in [1.29, 1.82) is 0 Å². The number of quaternary nitrogens is 1. The fourth-order valence-corrected chi connectivity index (χ4v) is 3.66. The summed E-state index contributed by atoms with van der Waals surface area (Å²) >= 11 is 0. The summed E-state index contributed by atoms with van der Waals surface area (Å²) in [5, 5.41) is 0. The van der Waals surface area contributed by atoms with Crippen LogP contribution in [0.25, 0.3) is 0 Å². The number of para-hydroxylation sites is 2. The van der Waals surface area contributed by atoms with Crippen molar-refractivity contribution < 1.29 is 22.9 Å². The van der Waals surface area contributed by atoms with E-state index < -0.39 is 18.9 Å². The molecule has 2 aromatic carbocycles. The van der Waals surface area contributed by atoms with Crippen molar-refractivity contribution in [1.82, 2.24) is 0 Å². The van der Waals surface area contributed by atoms with E-state index in [1.54, 1.807) is 0 Å². The molecule has 0 radical (unpaired) electrons. The van der Waals surface area contributed by atoms with Gasteiger partial charge in [-0.05, 0) is 39.8 Å². The number of hydrogen-bond donors (Lipinski definition) is 0. The van der Waals surface area contributed by atoms with Gasteiger partial charge >= 0.3 is 5.97 Å². The Morgan fingerprint density at radius 1 is 1.04 bits per heavy atom. The third-order valence-electron chi connectivity index (χ3n) is 5.46. The van der Waals surface area contributed by atoms with Gasteiger partial charge in [0.1, 0.15) is 30.6 Å². The zero-order valence-electron chi connectivity index (χ0n) is 19.4. The standard InChI is InChI=1S/C23H30NO3/c1-16(2)24(5,17(3)4)14-15-26-23(25)22-18-10-6-8-12-20(18)27-21-13-9-7-11-19(21)22/h6-13,16-17,22H,14-15H2,1-5H3/q+1/i5D3. The lowest BCUT2D eigenvalue weighted by atomic mass is 9.88. The van der Waals surface area contributed by atoms with Crippen molar-refractivity contribution in [3.05, 3.63) is 59.7 Å². The molecular formula is C23H30NO3+. The fraction of sp³-hybridized carbons (Fsp3) is 0.435. The van der Waals surface area contributed by atoms with E-state index in [0.29, 0.717) is 11.5 Å². The zero-order valence-corrected chi connectivity index (χ0v) is 16.4. The number of carbonyl (C=O) groups is 1. The van der Waals surface area contributed by atoms with Crippen LogP contribution in [0.2, 0.25) is 0 Å². The van der Waals surface area contributed by atoms with Gasteiger partial charge < -0.3 is 14.0 Å². The van der Waals surface area contributed by atoms with E-state index in [9.17, 15) is 4.79 Å². The van der Waals surface area contributed by atoms with Crippen LogP contribution in [-0.2, 0) is 9.53 Å². The number of nitrogens with zero attached hydrogens (tertiary/aromatic N) is 1. The van der Waals surface area contributed by atoms with E-state index in [2.05, 4.69) is 0 Å². The first-order valence-corrected chi connectivity index (χ1v) is 9.49. The van der Waals surface area contributed by atoms with E-state index in [-0.39, 0.29) is 29.7 Å². The first-order valence-electron chi connectivity index (χ1n) is 11.0. The van der Waals surface area contributed by atoms with Crippen LogP contribution >= 0.6 is 0 Å². The third-order valence-corrected chi connectivity index (χ3v) is 5.46. The largest absolute Gasteiger partial charge is 0.459 e. The highest BCUT2D eigenvalue weighted by atomic mass is 16.5. The fourth-order valence-electron chi connectivity index (χ4n) is 3.66. The quantitative estimate of drug-likeness (QED) is 0.544. The Morgan fingerprint density at radius 3 is 2.04 bits per heavy atom. The van der Waals surface area contributed by atoms with E-state index in [1.165, 1.54) is 0 Å². The van der Waals surface area contributed by atoms with Crippen LogP contribution in [0, 0.1) is 0 Å². The molecule has 0 atom stereocenters.